The molecule has 0 unspecified atom stereocenters. The molecule has 0 saturated carbocycles. The second-order valence-electron chi connectivity index (χ2n) is 6.12. The molecule has 0 aromatic carbocycles. The Labute approximate surface area is 96.0 Å². The number of nitrogens with one attached hydrogen (secondary N) is 1. The lowest BCUT2D eigenvalue weighted by atomic mass is 10.1. The molecular formula is C11H25N3Si. The van der Waals surface area contributed by atoms with Crippen molar-refractivity contribution in [3.05, 3.63) is 12.4 Å². The zero-order valence-electron chi connectivity index (χ0n) is 11.1. The van der Waals surface area contributed by atoms with Crippen LogP contribution in [0.1, 0.15) is 41.5 Å². The van der Waals surface area contributed by atoms with E-state index in [-0.39, 0.29) is 11.1 Å². The number of hydrogen-bond donors (Lipinski definition) is 1. The molecular weight excluding hydrogens is 202 g/mol. The van der Waals surface area contributed by atoms with Gasteiger partial charge in [0.05, 0.1) is 0 Å². The lowest BCUT2D eigenvalue weighted by Gasteiger charge is -2.43. The summed E-state index contributed by atoms with van der Waals surface area (Å²) in [6, 6.07) is 0. The highest BCUT2D eigenvalue weighted by molar-refractivity contribution is 6.51. The van der Waals surface area contributed by atoms with E-state index in [1.165, 1.54) is 0 Å². The van der Waals surface area contributed by atoms with E-state index in [9.17, 15) is 0 Å². The van der Waals surface area contributed by atoms with Crippen LogP contribution in [0.3, 0.4) is 0 Å². The van der Waals surface area contributed by atoms with Crippen molar-refractivity contribution in [3.63, 3.8) is 0 Å². The van der Waals surface area contributed by atoms with E-state index in [2.05, 4.69) is 75.1 Å². The first-order chi connectivity index (χ1) is 6.68. The van der Waals surface area contributed by atoms with Crippen LogP contribution >= 0.6 is 0 Å². The molecule has 0 bridgehead atoms. The van der Waals surface area contributed by atoms with E-state index in [0.29, 0.717) is 0 Å². The molecule has 0 spiro atoms. The quantitative estimate of drug-likeness (QED) is 0.687. The van der Waals surface area contributed by atoms with Crippen molar-refractivity contribution in [2.75, 3.05) is 7.05 Å². The molecule has 0 radical (unpaired) electrons. The first-order valence-corrected chi connectivity index (χ1v) is 7.21. The van der Waals surface area contributed by atoms with Crippen LogP contribution in [-0.4, -0.2) is 36.5 Å². The molecule has 15 heavy (non-hydrogen) atoms. The molecule has 1 heterocycles. The van der Waals surface area contributed by atoms with Gasteiger partial charge in [0.15, 0.2) is 0 Å². The molecule has 0 amide bonds. The highest BCUT2D eigenvalue weighted by Crippen LogP contribution is 2.26. The van der Waals surface area contributed by atoms with Crippen molar-refractivity contribution < 1.29 is 0 Å². The Hall–Kier alpha value is -0.483. The van der Waals surface area contributed by atoms with Crippen molar-refractivity contribution in [2.45, 2.75) is 52.6 Å². The lowest BCUT2D eigenvalue weighted by Crippen LogP contribution is -2.62. The van der Waals surface area contributed by atoms with Gasteiger partial charge in [-0.05, 0) is 48.6 Å². The second-order valence-corrected chi connectivity index (χ2v) is 8.55. The van der Waals surface area contributed by atoms with Crippen molar-refractivity contribution >= 4 is 9.28 Å². The maximum Gasteiger partial charge on any atom is 0.329 e. The Morgan fingerprint density at radius 1 is 0.867 bits per heavy atom. The second kappa shape index (κ2) is 3.83. The largest absolute Gasteiger partial charge is 0.371 e. The third kappa shape index (κ3) is 2.55. The zero-order valence-corrected chi connectivity index (χ0v) is 12.3. The predicted molar refractivity (Wildman–Crippen MR) is 68.5 cm³/mol. The molecule has 4 heteroatoms. The Morgan fingerprint density at radius 3 is 1.40 bits per heavy atom. The fourth-order valence-electron chi connectivity index (χ4n) is 1.90. The number of rotatable bonds is 1. The molecule has 1 N–H and O–H groups in total. The fourth-order valence-corrected chi connectivity index (χ4v) is 4.67. The molecule has 88 valence electrons. The molecule has 3 nitrogen and oxygen atoms in total. The van der Waals surface area contributed by atoms with Gasteiger partial charge in [0.1, 0.15) is 0 Å². The number of nitrogens with zero attached hydrogens (tertiary/aromatic N) is 2. The fraction of sp³-hybridized carbons (Fsp3) is 0.818. The first-order valence-electron chi connectivity index (χ1n) is 5.60. The summed E-state index contributed by atoms with van der Waals surface area (Å²) in [5.74, 6) is 0. The van der Waals surface area contributed by atoms with Crippen LogP contribution in [-0.2, 0) is 0 Å². The van der Waals surface area contributed by atoms with Crippen molar-refractivity contribution in [3.8, 4) is 0 Å². The SMILES string of the molecule is CN[SiH]1N(C(C)(C)C)C=CN1C(C)(C)C. The van der Waals surface area contributed by atoms with Gasteiger partial charge in [-0.25, -0.2) is 0 Å². The van der Waals surface area contributed by atoms with Crippen LogP contribution in [0.5, 0.6) is 0 Å². The van der Waals surface area contributed by atoms with E-state index < -0.39 is 9.28 Å². The summed E-state index contributed by atoms with van der Waals surface area (Å²) in [5.41, 5.74) is 0.410. The van der Waals surface area contributed by atoms with Gasteiger partial charge in [-0.15, -0.1) is 0 Å². The topological polar surface area (TPSA) is 18.5 Å². The summed E-state index contributed by atoms with van der Waals surface area (Å²) in [6.45, 7) is 13.6. The molecule has 0 aliphatic carbocycles. The van der Waals surface area contributed by atoms with E-state index in [1.54, 1.807) is 0 Å². The Morgan fingerprint density at radius 2 is 1.20 bits per heavy atom. The summed E-state index contributed by atoms with van der Waals surface area (Å²) >= 11 is 0. The zero-order chi connectivity index (χ0) is 11.9. The summed E-state index contributed by atoms with van der Waals surface area (Å²) in [7, 11) is 0.836. The van der Waals surface area contributed by atoms with E-state index in [1.807, 2.05) is 0 Å². The number of hydrogen-bond acceptors (Lipinski definition) is 3. The molecule has 1 rings (SSSR count). The highest BCUT2D eigenvalue weighted by atomic mass is 28.3. The first kappa shape index (κ1) is 12.6. The van der Waals surface area contributed by atoms with Gasteiger partial charge in [-0.3, -0.25) is 0 Å². The third-order valence-electron chi connectivity index (χ3n) is 2.72. The molecule has 0 fully saturated rings. The van der Waals surface area contributed by atoms with Crippen LogP contribution in [0.4, 0.5) is 0 Å². The monoisotopic (exact) mass is 227 g/mol. The van der Waals surface area contributed by atoms with Gasteiger partial charge < -0.3 is 14.1 Å². The molecule has 0 saturated heterocycles. The van der Waals surface area contributed by atoms with Crippen molar-refractivity contribution in [1.29, 1.82) is 0 Å². The minimum Gasteiger partial charge on any atom is -0.371 e. The van der Waals surface area contributed by atoms with Gasteiger partial charge in [-0.1, -0.05) is 0 Å². The maximum atomic E-state index is 3.51. The average Bonchev–Trinajstić information content (AvgIpc) is 2.43. The van der Waals surface area contributed by atoms with Crippen LogP contribution in [0, 0.1) is 0 Å². The van der Waals surface area contributed by atoms with E-state index >= 15 is 0 Å². The summed E-state index contributed by atoms with van der Waals surface area (Å²) in [6.07, 6.45) is 4.47. The molecule has 1 aliphatic heterocycles. The highest BCUT2D eigenvalue weighted by Gasteiger charge is 2.39. The smallest absolute Gasteiger partial charge is 0.329 e. The van der Waals surface area contributed by atoms with E-state index in [4.69, 9.17) is 0 Å². The molecule has 0 aromatic rings. The van der Waals surface area contributed by atoms with Crippen LogP contribution in [0.2, 0.25) is 0 Å². The minimum atomic E-state index is -1.23. The Kier molecular flexibility index (Phi) is 3.21. The van der Waals surface area contributed by atoms with Gasteiger partial charge in [0.2, 0.25) is 0 Å². The lowest BCUT2D eigenvalue weighted by molar-refractivity contribution is 0.274. The van der Waals surface area contributed by atoms with Gasteiger partial charge >= 0.3 is 9.28 Å². The maximum absolute atomic E-state index is 3.51. The van der Waals surface area contributed by atoms with Crippen LogP contribution in [0.25, 0.3) is 0 Å². The summed E-state index contributed by atoms with van der Waals surface area (Å²) in [5, 5.41) is 0. The van der Waals surface area contributed by atoms with Crippen molar-refractivity contribution in [2.24, 2.45) is 0 Å². The molecule has 0 aromatic heterocycles. The predicted octanol–water partition coefficient (Wildman–Crippen LogP) is 1.61. The Balaban J connectivity index is 2.89. The normalized spacial score (nSPS) is 19.1. The van der Waals surface area contributed by atoms with Gasteiger partial charge in [-0.2, -0.15) is 0 Å². The molecule has 1 aliphatic rings. The third-order valence-corrected chi connectivity index (χ3v) is 6.19. The van der Waals surface area contributed by atoms with Crippen LogP contribution < -0.4 is 4.98 Å². The van der Waals surface area contributed by atoms with Crippen LogP contribution in [0.15, 0.2) is 12.4 Å². The summed E-state index contributed by atoms with van der Waals surface area (Å²) < 4.78 is 4.97. The van der Waals surface area contributed by atoms with Gasteiger partial charge in [0.25, 0.3) is 0 Å². The van der Waals surface area contributed by atoms with Crippen molar-refractivity contribution in [1.82, 2.24) is 14.1 Å². The standard InChI is InChI=1S/C11H25N3Si/c1-10(2,3)13-8-9-14(11(4,5)6)15(13)12-7/h8-9,12,15H,1-7H3. The van der Waals surface area contributed by atoms with Gasteiger partial charge in [0, 0.05) is 23.5 Å². The average molecular weight is 227 g/mol. The summed E-state index contributed by atoms with van der Waals surface area (Å²) in [4.78, 5) is 3.51. The minimum absolute atomic E-state index is 0.205. The molecule has 0 atom stereocenters. The van der Waals surface area contributed by atoms with E-state index in [0.717, 1.165) is 0 Å². The Bertz CT molecular complexity index is 226.